The second-order valence-corrected chi connectivity index (χ2v) is 11.2. The standard InChI is InChI=1S/C29H51NO3S/c1-3-5-6-7-8-9-10-11-12-13-14-15-16-17-18-25-21-27(33-23-25)29(31)32-20-19-26(4-2)28-22-30-24-34-28/h22,24-27H,3-21,23H2,1-2H3. The quantitative estimate of drug-likeness (QED) is 0.127. The lowest BCUT2D eigenvalue weighted by molar-refractivity contribution is -0.154. The van der Waals surface area contributed by atoms with Crippen molar-refractivity contribution < 1.29 is 14.3 Å². The van der Waals surface area contributed by atoms with Crippen molar-refractivity contribution in [2.45, 2.75) is 141 Å². The fourth-order valence-corrected chi connectivity index (χ4v) is 5.90. The molecular formula is C29H51NO3S. The van der Waals surface area contributed by atoms with Gasteiger partial charge in [-0.2, -0.15) is 0 Å². The van der Waals surface area contributed by atoms with Gasteiger partial charge in [0.05, 0.1) is 18.7 Å². The van der Waals surface area contributed by atoms with Gasteiger partial charge in [-0.05, 0) is 37.5 Å². The minimum atomic E-state index is -0.347. The number of aromatic nitrogens is 1. The zero-order valence-electron chi connectivity index (χ0n) is 22.1. The summed E-state index contributed by atoms with van der Waals surface area (Å²) in [6.07, 6.45) is 25.0. The topological polar surface area (TPSA) is 48.4 Å². The summed E-state index contributed by atoms with van der Waals surface area (Å²) in [6.45, 7) is 5.65. The summed E-state index contributed by atoms with van der Waals surface area (Å²) in [7, 11) is 0. The highest BCUT2D eigenvalue weighted by Gasteiger charge is 2.31. The monoisotopic (exact) mass is 493 g/mol. The van der Waals surface area contributed by atoms with Gasteiger partial charge in [0.1, 0.15) is 0 Å². The lowest BCUT2D eigenvalue weighted by atomic mass is 9.97. The normalized spacial score (nSPS) is 18.9. The summed E-state index contributed by atoms with van der Waals surface area (Å²) in [5.41, 5.74) is 1.87. The minimum absolute atomic E-state index is 0.164. The number of hydrogen-bond donors (Lipinski definition) is 0. The zero-order valence-corrected chi connectivity index (χ0v) is 22.9. The van der Waals surface area contributed by atoms with E-state index in [9.17, 15) is 4.79 Å². The van der Waals surface area contributed by atoms with Crippen molar-refractivity contribution in [3.05, 3.63) is 16.6 Å². The van der Waals surface area contributed by atoms with Gasteiger partial charge >= 0.3 is 5.97 Å². The van der Waals surface area contributed by atoms with Crippen LogP contribution in [0.3, 0.4) is 0 Å². The van der Waals surface area contributed by atoms with Crippen molar-refractivity contribution in [3.8, 4) is 0 Å². The van der Waals surface area contributed by atoms with Crippen molar-refractivity contribution in [2.75, 3.05) is 13.2 Å². The van der Waals surface area contributed by atoms with Crippen LogP contribution in [-0.4, -0.2) is 30.3 Å². The molecule has 0 amide bonds. The average Bonchev–Trinajstić information content (AvgIpc) is 3.55. The van der Waals surface area contributed by atoms with Gasteiger partial charge in [-0.1, -0.05) is 104 Å². The predicted molar refractivity (Wildman–Crippen MR) is 143 cm³/mol. The minimum Gasteiger partial charge on any atom is -0.464 e. The van der Waals surface area contributed by atoms with Crippen LogP contribution in [0.2, 0.25) is 0 Å². The van der Waals surface area contributed by atoms with E-state index in [0.717, 1.165) is 25.9 Å². The van der Waals surface area contributed by atoms with Gasteiger partial charge < -0.3 is 9.47 Å². The van der Waals surface area contributed by atoms with E-state index in [-0.39, 0.29) is 12.1 Å². The molecule has 196 valence electrons. The van der Waals surface area contributed by atoms with Crippen LogP contribution in [0.1, 0.15) is 140 Å². The van der Waals surface area contributed by atoms with Crippen LogP contribution >= 0.6 is 11.3 Å². The van der Waals surface area contributed by atoms with E-state index in [1.54, 1.807) is 11.3 Å². The van der Waals surface area contributed by atoms with E-state index in [1.165, 1.54) is 101 Å². The molecule has 3 atom stereocenters. The van der Waals surface area contributed by atoms with Gasteiger partial charge in [0.15, 0.2) is 6.10 Å². The summed E-state index contributed by atoms with van der Waals surface area (Å²) >= 11 is 1.68. The highest BCUT2D eigenvalue weighted by atomic mass is 32.1. The third kappa shape index (κ3) is 12.7. The Balaban J connectivity index is 1.39. The highest BCUT2D eigenvalue weighted by molar-refractivity contribution is 7.09. The SMILES string of the molecule is CCCCCCCCCCCCCCCCC1COC(C(=O)OCCC(CC)c2cncs2)C1. The van der Waals surface area contributed by atoms with Crippen LogP contribution < -0.4 is 0 Å². The van der Waals surface area contributed by atoms with E-state index < -0.39 is 0 Å². The first-order valence-corrected chi connectivity index (χ1v) is 15.3. The Hall–Kier alpha value is -0.940. The number of nitrogens with zero attached hydrogens (tertiary/aromatic N) is 1. The maximum atomic E-state index is 12.4. The van der Waals surface area contributed by atoms with E-state index in [4.69, 9.17) is 9.47 Å². The van der Waals surface area contributed by atoms with Gasteiger partial charge in [-0.3, -0.25) is 4.98 Å². The molecule has 2 rings (SSSR count). The first-order chi connectivity index (χ1) is 16.7. The molecule has 0 radical (unpaired) electrons. The van der Waals surface area contributed by atoms with E-state index in [1.807, 2.05) is 11.7 Å². The Morgan fingerprint density at radius 1 is 1.00 bits per heavy atom. The number of carbonyl (C=O) groups excluding carboxylic acids is 1. The molecule has 1 saturated heterocycles. The fourth-order valence-electron chi connectivity index (χ4n) is 5.05. The van der Waals surface area contributed by atoms with Crippen LogP contribution in [0.25, 0.3) is 0 Å². The number of ether oxygens (including phenoxy) is 2. The van der Waals surface area contributed by atoms with E-state index in [2.05, 4.69) is 18.8 Å². The van der Waals surface area contributed by atoms with Crippen LogP contribution in [0, 0.1) is 5.92 Å². The molecule has 0 aromatic carbocycles. The zero-order chi connectivity index (χ0) is 24.3. The summed E-state index contributed by atoms with van der Waals surface area (Å²) < 4.78 is 11.3. The molecule has 1 aliphatic rings. The maximum absolute atomic E-state index is 12.4. The van der Waals surface area contributed by atoms with Gasteiger partial charge in [0.25, 0.3) is 0 Å². The Kier molecular flexibility index (Phi) is 16.6. The van der Waals surface area contributed by atoms with Crippen molar-refractivity contribution in [1.29, 1.82) is 0 Å². The lowest BCUT2D eigenvalue weighted by Gasteiger charge is -2.14. The molecule has 5 heteroatoms. The number of unbranched alkanes of at least 4 members (excludes halogenated alkanes) is 13. The second-order valence-electron chi connectivity index (χ2n) is 10.3. The Morgan fingerprint density at radius 2 is 1.62 bits per heavy atom. The first-order valence-electron chi connectivity index (χ1n) is 14.4. The first kappa shape index (κ1) is 29.3. The number of rotatable bonds is 21. The lowest BCUT2D eigenvalue weighted by Crippen LogP contribution is -2.23. The molecule has 2 heterocycles. The number of esters is 1. The second kappa shape index (κ2) is 19.3. The van der Waals surface area contributed by atoms with Gasteiger partial charge in [0.2, 0.25) is 0 Å². The van der Waals surface area contributed by atoms with E-state index in [0.29, 0.717) is 18.4 Å². The Labute approximate surface area is 213 Å². The molecule has 3 unspecified atom stereocenters. The Bertz CT molecular complexity index is 607. The molecule has 1 fully saturated rings. The third-order valence-electron chi connectivity index (χ3n) is 7.37. The molecular weight excluding hydrogens is 442 g/mol. The van der Waals surface area contributed by atoms with Crippen LogP contribution in [-0.2, 0) is 14.3 Å². The number of carbonyl (C=O) groups is 1. The molecule has 0 saturated carbocycles. The average molecular weight is 494 g/mol. The number of thiazole rings is 1. The largest absolute Gasteiger partial charge is 0.464 e. The summed E-state index contributed by atoms with van der Waals surface area (Å²) in [5.74, 6) is 0.788. The molecule has 0 bridgehead atoms. The summed E-state index contributed by atoms with van der Waals surface area (Å²) in [5, 5.41) is 0. The molecule has 0 aliphatic carbocycles. The predicted octanol–water partition coefficient (Wildman–Crippen LogP) is 8.85. The van der Waals surface area contributed by atoms with Gasteiger partial charge in [0, 0.05) is 11.1 Å². The number of hydrogen-bond acceptors (Lipinski definition) is 5. The molecule has 34 heavy (non-hydrogen) atoms. The smallest absolute Gasteiger partial charge is 0.335 e. The summed E-state index contributed by atoms with van der Waals surface area (Å²) in [6, 6.07) is 0. The molecule has 0 N–H and O–H groups in total. The molecule has 4 nitrogen and oxygen atoms in total. The fraction of sp³-hybridized carbons (Fsp3) is 0.862. The molecule has 1 aromatic rings. The maximum Gasteiger partial charge on any atom is 0.335 e. The summed E-state index contributed by atoms with van der Waals surface area (Å²) in [4.78, 5) is 17.8. The molecule has 1 aliphatic heterocycles. The van der Waals surface area contributed by atoms with Crippen molar-refractivity contribution in [1.82, 2.24) is 4.98 Å². The van der Waals surface area contributed by atoms with Crippen molar-refractivity contribution >= 4 is 17.3 Å². The van der Waals surface area contributed by atoms with Crippen molar-refractivity contribution in [2.24, 2.45) is 5.92 Å². The van der Waals surface area contributed by atoms with Crippen LogP contribution in [0.4, 0.5) is 0 Å². The highest BCUT2D eigenvalue weighted by Crippen LogP contribution is 2.28. The van der Waals surface area contributed by atoms with E-state index >= 15 is 0 Å². The molecule has 1 aromatic heterocycles. The van der Waals surface area contributed by atoms with Gasteiger partial charge in [-0.25, -0.2) is 4.79 Å². The Morgan fingerprint density at radius 3 is 2.18 bits per heavy atom. The van der Waals surface area contributed by atoms with Crippen LogP contribution in [0.5, 0.6) is 0 Å². The van der Waals surface area contributed by atoms with Crippen molar-refractivity contribution in [3.63, 3.8) is 0 Å². The van der Waals surface area contributed by atoms with Gasteiger partial charge in [-0.15, -0.1) is 11.3 Å². The molecule has 0 spiro atoms. The third-order valence-corrected chi connectivity index (χ3v) is 8.30. The van der Waals surface area contributed by atoms with Crippen LogP contribution in [0.15, 0.2) is 11.7 Å².